The predicted molar refractivity (Wildman–Crippen MR) is 258 cm³/mol. The molecular weight excluding hydrogens is 769 g/mol. The quantitative estimate of drug-likeness (QED) is 0.150. The molecule has 3 heterocycles. The number of nitrogens with zero attached hydrogens (tertiary/aromatic N) is 4. The molecular formula is C58H36N4O. The molecule has 0 saturated heterocycles. The summed E-state index contributed by atoms with van der Waals surface area (Å²) in [4.78, 5) is 20.3. The smallest absolute Gasteiger partial charge is 0.164 e. The Bertz CT molecular complexity index is 3640. The molecule has 0 aliphatic carbocycles. The molecule has 0 bridgehead atoms. The van der Waals surface area contributed by atoms with Crippen LogP contribution in [0, 0.1) is 0 Å². The molecule has 0 aliphatic heterocycles. The molecule has 0 N–H and O–H groups in total. The normalized spacial score (nSPS) is 11.5. The number of hydrogen-bond donors (Lipinski definition) is 0. The minimum Gasteiger partial charge on any atom is -0.456 e. The molecule has 9 aromatic carbocycles. The van der Waals surface area contributed by atoms with Gasteiger partial charge >= 0.3 is 0 Å². The standard InChI is InChI=1S/C58H36N4O/c1-4-15-37(16-5-1)44-21-14-22-45(35-44)58-61-56(42-19-8-3-9-20-42)60-57(62-58)43-33-29-39(30-34-43)38-27-31-40(32-28-38)52-53-46-23-10-12-25-49(46)59-55(41-17-6-2-7-18-41)48(53)36-51-54(52)47-24-11-13-26-50(47)63-51/h1-36H. The molecule has 3 aromatic heterocycles. The van der Waals surface area contributed by atoms with Crippen molar-refractivity contribution in [3.63, 3.8) is 0 Å². The molecule has 0 radical (unpaired) electrons. The molecule has 12 aromatic rings. The van der Waals surface area contributed by atoms with Gasteiger partial charge in [-0.15, -0.1) is 0 Å². The summed E-state index contributed by atoms with van der Waals surface area (Å²) < 4.78 is 6.61. The van der Waals surface area contributed by atoms with Gasteiger partial charge in [-0.3, -0.25) is 0 Å². The second kappa shape index (κ2) is 15.2. The molecule has 5 nitrogen and oxygen atoms in total. The molecule has 0 unspecified atom stereocenters. The van der Waals surface area contributed by atoms with E-state index in [1.165, 1.54) is 0 Å². The highest BCUT2D eigenvalue weighted by Crippen LogP contribution is 2.46. The van der Waals surface area contributed by atoms with Crippen LogP contribution in [0.5, 0.6) is 0 Å². The fraction of sp³-hybridized carbons (Fsp3) is 0. The lowest BCUT2D eigenvalue weighted by Gasteiger charge is -2.16. The molecule has 0 aliphatic rings. The molecule has 0 spiro atoms. The average Bonchev–Trinajstić information content (AvgIpc) is 3.74. The summed E-state index contributed by atoms with van der Waals surface area (Å²) in [6, 6.07) is 75.7. The van der Waals surface area contributed by atoms with Crippen LogP contribution in [0.25, 0.3) is 122 Å². The van der Waals surface area contributed by atoms with Gasteiger partial charge in [-0.05, 0) is 52.1 Å². The van der Waals surface area contributed by atoms with Gasteiger partial charge in [-0.25, -0.2) is 19.9 Å². The second-order valence-corrected chi connectivity index (χ2v) is 15.8. The van der Waals surface area contributed by atoms with Crippen molar-refractivity contribution in [3.8, 4) is 78.8 Å². The van der Waals surface area contributed by atoms with Gasteiger partial charge in [0.1, 0.15) is 11.2 Å². The Morgan fingerprint density at radius 3 is 1.43 bits per heavy atom. The van der Waals surface area contributed by atoms with Crippen LogP contribution in [0.2, 0.25) is 0 Å². The number of benzene rings is 9. The number of para-hydroxylation sites is 2. The topological polar surface area (TPSA) is 64.7 Å². The Hall–Kier alpha value is -8.54. The second-order valence-electron chi connectivity index (χ2n) is 15.8. The van der Waals surface area contributed by atoms with Crippen LogP contribution in [0.1, 0.15) is 0 Å². The van der Waals surface area contributed by atoms with Gasteiger partial charge in [0.15, 0.2) is 17.5 Å². The van der Waals surface area contributed by atoms with Crippen LogP contribution in [0.15, 0.2) is 223 Å². The Morgan fingerprint density at radius 2 is 0.746 bits per heavy atom. The number of pyridine rings is 1. The lowest BCUT2D eigenvalue weighted by molar-refractivity contribution is 0.669. The Balaban J connectivity index is 0.962. The van der Waals surface area contributed by atoms with Crippen molar-refractivity contribution >= 4 is 43.6 Å². The number of rotatable bonds is 7. The fourth-order valence-electron chi connectivity index (χ4n) is 8.88. The van der Waals surface area contributed by atoms with Crippen LogP contribution < -0.4 is 0 Å². The Morgan fingerprint density at radius 1 is 0.270 bits per heavy atom. The molecule has 0 atom stereocenters. The van der Waals surface area contributed by atoms with Crippen molar-refractivity contribution in [2.75, 3.05) is 0 Å². The number of fused-ring (bicyclic) bond motifs is 6. The Labute approximate surface area is 363 Å². The van der Waals surface area contributed by atoms with E-state index in [-0.39, 0.29) is 0 Å². The summed E-state index contributed by atoms with van der Waals surface area (Å²) in [5.41, 5.74) is 14.1. The molecule has 294 valence electrons. The number of aromatic nitrogens is 4. The van der Waals surface area contributed by atoms with E-state index in [0.717, 1.165) is 105 Å². The lowest BCUT2D eigenvalue weighted by Crippen LogP contribution is -2.00. The first kappa shape index (κ1) is 36.3. The van der Waals surface area contributed by atoms with Crippen molar-refractivity contribution in [2.45, 2.75) is 0 Å². The fourth-order valence-corrected chi connectivity index (χ4v) is 8.88. The largest absolute Gasteiger partial charge is 0.456 e. The van der Waals surface area contributed by atoms with E-state index < -0.39 is 0 Å². The van der Waals surface area contributed by atoms with Gasteiger partial charge in [0.25, 0.3) is 0 Å². The van der Waals surface area contributed by atoms with Crippen molar-refractivity contribution < 1.29 is 4.42 Å². The summed E-state index contributed by atoms with van der Waals surface area (Å²) in [5, 5.41) is 5.52. The summed E-state index contributed by atoms with van der Waals surface area (Å²) in [6.45, 7) is 0. The zero-order valence-electron chi connectivity index (χ0n) is 34.0. The molecule has 5 heteroatoms. The SMILES string of the molecule is c1ccc(-c2cccc(-c3nc(-c4ccccc4)nc(-c4ccc(-c5ccc(-c6c7c(cc8c(-c9ccccc9)nc9ccccc9c68)oc6ccccc67)cc5)cc4)n3)c2)cc1. The first-order chi connectivity index (χ1) is 31.2. The maximum atomic E-state index is 6.61. The van der Waals surface area contributed by atoms with E-state index in [4.69, 9.17) is 24.4 Å². The highest BCUT2D eigenvalue weighted by atomic mass is 16.3. The minimum absolute atomic E-state index is 0.620. The number of furan rings is 1. The van der Waals surface area contributed by atoms with E-state index in [2.05, 4.69) is 170 Å². The van der Waals surface area contributed by atoms with Crippen LogP contribution >= 0.6 is 0 Å². The van der Waals surface area contributed by atoms with Gasteiger partial charge in [0.05, 0.1) is 11.2 Å². The maximum absolute atomic E-state index is 6.61. The third-order valence-corrected chi connectivity index (χ3v) is 11.9. The first-order valence-electron chi connectivity index (χ1n) is 21.1. The predicted octanol–water partition coefficient (Wildman–Crippen LogP) is 15.1. The van der Waals surface area contributed by atoms with Crippen LogP contribution in [-0.4, -0.2) is 19.9 Å². The van der Waals surface area contributed by atoms with Gasteiger partial charge in [0.2, 0.25) is 0 Å². The molecule has 0 saturated carbocycles. The third-order valence-electron chi connectivity index (χ3n) is 11.9. The zero-order valence-corrected chi connectivity index (χ0v) is 34.0. The van der Waals surface area contributed by atoms with E-state index in [9.17, 15) is 0 Å². The maximum Gasteiger partial charge on any atom is 0.164 e. The van der Waals surface area contributed by atoms with E-state index in [1.54, 1.807) is 0 Å². The summed E-state index contributed by atoms with van der Waals surface area (Å²) in [5.74, 6) is 1.88. The van der Waals surface area contributed by atoms with Crippen LogP contribution in [-0.2, 0) is 0 Å². The van der Waals surface area contributed by atoms with Crippen LogP contribution in [0.4, 0.5) is 0 Å². The number of hydrogen-bond acceptors (Lipinski definition) is 5. The first-order valence-corrected chi connectivity index (χ1v) is 21.1. The van der Waals surface area contributed by atoms with Gasteiger partial charge in [-0.2, -0.15) is 0 Å². The van der Waals surface area contributed by atoms with Gasteiger partial charge in [-0.1, -0.05) is 194 Å². The van der Waals surface area contributed by atoms with E-state index in [0.29, 0.717) is 17.5 Å². The molecule has 12 rings (SSSR count). The summed E-state index contributed by atoms with van der Waals surface area (Å²) in [6.07, 6.45) is 0. The minimum atomic E-state index is 0.620. The van der Waals surface area contributed by atoms with Crippen molar-refractivity contribution in [1.29, 1.82) is 0 Å². The third kappa shape index (κ3) is 6.51. The van der Waals surface area contributed by atoms with E-state index >= 15 is 0 Å². The molecule has 63 heavy (non-hydrogen) atoms. The van der Waals surface area contributed by atoms with Crippen molar-refractivity contribution in [3.05, 3.63) is 218 Å². The highest BCUT2D eigenvalue weighted by molar-refractivity contribution is 6.27. The summed E-state index contributed by atoms with van der Waals surface area (Å²) >= 11 is 0. The van der Waals surface area contributed by atoms with Crippen molar-refractivity contribution in [1.82, 2.24) is 19.9 Å². The van der Waals surface area contributed by atoms with Gasteiger partial charge in [0, 0.05) is 54.7 Å². The molecule has 0 fully saturated rings. The summed E-state index contributed by atoms with van der Waals surface area (Å²) in [7, 11) is 0. The highest BCUT2D eigenvalue weighted by Gasteiger charge is 2.22. The van der Waals surface area contributed by atoms with E-state index in [1.807, 2.05) is 48.5 Å². The zero-order chi connectivity index (χ0) is 41.7. The van der Waals surface area contributed by atoms with Crippen molar-refractivity contribution in [2.24, 2.45) is 0 Å². The van der Waals surface area contributed by atoms with Gasteiger partial charge < -0.3 is 4.42 Å². The van der Waals surface area contributed by atoms with Crippen LogP contribution in [0.3, 0.4) is 0 Å². The lowest BCUT2D eigenvalue weighted by atomic mass is 9.89. The average molecular weight is 805 g/mol. The monoisotopic (exact) mass is 804 g/mol. The molecule has 0 amide bonds. The Kier molecular flexibility index (Phi) is 8.75.